The molecule has 11 heteroatoms. The first kappa shape index (κ1) is 29.4. The Morgan fingerprint density at radius 3 is 2.55 bits per heavy atom. The molecule has 0 bridgehead atoms. The van der Waals surface area contributed by atoms with Crippen LogP contribution < -0.4 is 10.2 Å². The highest BCUT2D eigenvalue weighted by molar-refractivity contribution is 6.10. The fourth-order valence-electron chi connectivity index (χ4n) is 7.84. The van der Waals surface area contributed by atoms with Crippen LogP contribution in [0.4, 0.5) is 19.0 Å². The van der Waals surface area contributed by atoms with Crippen LogP contribution in [0.15, 0.2) is 36.7 Å². The van der Waals surface area contributed by atoms with Crippen LogP contribution in [0, 0.1) is 5.92 Å². The molecule has 44 heavy (non-hydrogen) atoms. The fraction of sp³-hybridized carbons (Fsp3) is 0.576. The number of pyridine rings is 1. The maximum atomic E-state index is 14.4. The van der Waals surface area contributed by atoms with Crippen molar-refractivity contribution >= 4 is 11.7 Å². The number of anilines is 1. The van der Waals surface area contributed by atoms with E-state index in [0.29, 0.717) is 17.1 Å². The minimum atomic E-state index is -4.59. The first-order chi connectivity index (χ1) is 21.0. The number of carbonyl (C=O) groups is 1. The number of alkyl halides is 3. The van der Waals surface area contributed by atoms with Crippen LogP contribution in [-0.2, 0) is 36.5 Å². The van der Waals surface area contributed by atoms with Crippen molar-refractivity contribution in [2.75, 3.05) is 4.90 Å². The maximum absolute atomic E-state index is 14.4. The van der Waals surface area contributed by atoms with Crippen molar-refractivity contribution in [1.82, 2.24) is 25.1 Å². The number of nitrogens with one attached hydrogen (secondary N) is 1. The Kier molecular flexibility index (Phi) is 7.12. The van der Waals surface area contributed by atoms with Crippen LogP contribution in [0.1, 0.15) is 104 Å². The van der Waals surface area contributed by atoms with E-state index in [4.69, 9.17) is 9.72 Å². The van der Waals surface area contributed by atoms with Gasteiger partial charge in [-0.25, -0.2) is 4.98 Å². The molecule has 1 aromatic carbocycles. The Morgan fingerprint density at radius 2 is 1.91 bits per heavy atom. The number of ether oxygens (including phenoxy) is 1. The summed E-state index contributed by atoms with van der Waals surface area (Å²) in [6.45, 7) is 4.32. The number of aryl methyl sites for hydroxylation is 1. The lowest BCUT2D eigenvalue weighted by atomic mass is 9.57. The summed E-state index contributed by atoms with van der Waals surface area (Å²) < 4.78 is 51.7. The second kappa shape index (κ2) is 10.7. The van der Waals surface area contributed by atoms with Crippen LogP contribution >= 0.6 is 0 Å². The van der Waals surface area contributed by atoms with Gasteiger partial charge in [-0.15, -0.1) is 10.2 Å². The Bertz CT molecular complexity index is 1580. The predicted molar refractivity (Wildman–Crippen MR) is 158 cm³/mol. The van der Waals surface area contributed by atoms with Crippen molar-refractivity contribution in [1.29, 1.82) is 0 Å². The Labute approximate surface area is 255 Å². The van der Waals surface area contributed by atoms with Gasteiger partial charge in [0.15, 0.2) is 0 Å². The third-order valence-corrected chi connectivity index (χ3v) is 10.4. The number of nitrogens with zero attached hydrogens (tertiary/aromatic N) is 5. The number of aromatic nitrogens is 4. The molecule has 234 valence electrons. The lowest BCUT2D eigenvalue weighted by molar-refractivity contribution is -0.138. The molecule has 1 aliphatic heterocycles. The summed E-state index contributed by atoms with van der Waals surface area (Å²) in [7, 11) is 1.90. The molecular weight excluding hydrogens is 569 g/mol. The van der Waals surface area contributed by atoms with Crippen LogP contribution in [0.2, 0.25) is 0 Å². The molecule has 4 aliphatic rings. The minimum Gasteiger partial charge on any atom is -0.373 e. The van der Waals surface area contributed by atoms with Crippen molar-refractivity contribution in [2.45, 2.75) is 108 Å². The van der Waals surface area contributed by atoms with Gasteiger partial charge in [0.25, 0.3) is 5.91 Å². The van der Waals surface area contributed by atoms with Crippen molar-refractivity contribution in [3.8, 4) is 0 Å². The van der Waals surface area contributed by atoms with E-state index in [1.807, 2.05) is 23.7 Å². The van der Waals surface area contributed by atoms with E-state index in [9.17, 15) is 18.0 Å². The smallest absolute Gasteiger partial charge is 0.373 e. The summed E-state index contributed by atoms with van der Waals surface area (Å²) in [5.41, 5.74) is -0.294. The first-order valence-corrected chi connectivity index (χ1v) is 15.8. The molecule has 3 aliphatic carbocycles. The molecule has 0 radical (unpaired) electrons. The number of benzene rings is 1. The van der Waals surface area contributed by atoms with Gasteiger partial charge in [0.1, 0.15) is 18.0 Å². The number of hydrogen-bond acceptors (Lipinski definition) is 6. The Hall–Kier alpha value is -3.31. The molecule has 1 N–H and O–H groups in total. The second-order valence-electron chi connectivity index (χ2n) is 13.6. The monoisotopic (exact) mass is 608 g/mol. The Morgan fingerprint density at radius 1 is 1.14 bits per heavy atom. The van der Waals surface area contributed by atoms with E-state index >= 15 is 0 Å². The first-order valence-electron chi connectivity index (χ1n) is 15.8. The summed E-state index contributed by atoms with van der Waals surface area (Å²) in [6.07, 6.45) is 5.18. The molecule has 7 rings (SSSR count). The summed E-state index contributed by atoms with van der Waals surface area (Å²) in [5.74, 6) is 0.828. The Balaban J connectivity index is 1.23. The molecule has 2 aromatic heterocycles. The molecule has 0 saturated heterocycles. The number of rotatable bonds is 8. The van der Waals surface area contributed by atoms with Gasteiger partial charge < -0.3 is 14.6 Å². The van der Waals surface area contributed by atoms with E-state index in [0.717, 1.165) is 57.2 Å². The number of halogens is 3. The fourth-order valence-corrected chi connectivity index (χ4v) is 7.84. The van der Waals surface area contributed by atoms with Crippen molar-refractivity contribution in [3.63, 3.8) is 0 Å². The standard InChI is InChI=1S/C33H39F3N6O2/c1-20-16-32(30-40-38-19-41(30)3,28(20)44-22-8-4-5-9-22)26-10-6-11-27(39-26)42-18-24-23(29(42)43)14-21(15-25(24)33(34,35)36)17-37-31(2)12-7-13-31/h6,10-11,14-15,19-20,22,28,37H,4-5,7-9,12-13,16-18H2,1-3H3/t20-,28-,32+/m0/s1. The summed E-state index contributed by atoms with van der Waals surface area (Å²) >= 11 is 0. The molecule has 0 unspecified atom stereocenters. The molecule has 3 fully saturated rings. The van der Waals surface area contributed by atoms with Crippen LogP contribution in [0.25, 0.3) is 0 Å². The largest absolute Gasteiger partial charge is 0.416 e. The lowest BCUT2D eigenvalue weighted by Gasteiger charge is -2.53. The van der Waals surface area contributed by atoms with Gasteiger partial charge in [-0.2, -0.15) is 13.2 Å². The number of carbonyl (C=O) groups excluding carboxylic acids is 1. The normalized spacial score (nSPS) is 26.5. The molecule has 1 amide bonds. The zero-order valence-electron chi connectivity index (χ0n) is 25.5. The van der Waals surface area contributed by atoms with Gasteiger partial charge in [-0.1, -0.05) is 25.8 Å². The van der Waals surface area contributed by atoms with E-state index < -0.39 is 23.1 Å². The van der Waals surface area contributed by atoms with Gasteiger partial charge in [0, 0.05) is 24.7 Å². The van der Waals surface area contributed by atoms with Gasteiger partial charge in [-0.3, -0.25) is 9.69 Å². The quantitative estimate of drug-likeness (QED) is 0.334. The second-order valence-corrected chi connectivity index (χ2v) is 13.6. The topological polar surface area (TPSA) is 85.2 Å². The zero-order valence-corrected chi connectivity index (χ0v) is 25.5. The summed E-state index contributed by atoms with van der Waals surface area (Å²) in [6, 6.07) is 8.24. The zero-order chi connectivity index (χ0) is 30.9. The van der Waals surface area contributed by atoms with Gasteiger partial charge in [-0.05, 0) is 86.8 Å². The van der Waals surface area contributed by atoms with E-state index in [2.05, 4.69) is 29.4 Å². The summed E-state index contributed by atoms with van der Waals surface area (Å²) in [5, 5.41) is 12.1. The van der Waals surface area contributed by atoms with Crippen LogP contribution in [0.3, 0.4) is 0 Å². The third kappa shape index (κ3) is 4.83. The average Bonchev–Trinajstić information content (AvgIpc) is 3.73. The molecule has 3 aromatic rings. The minimum absolute atomic E-state index is 0.00367. The molecule has 3 atom stereocenters. The van der Waals surface area contributed by atoms with Crippen molar-refractivity contribution in [3.05, 3.63) is 70.4 Å². The number of amides is 1. The number of hydrogen-bond donors (Lipinski definition) is 1. The van der Waals surface area contributed by atoms with Gasteiger partial charge in [0.05, 0.1) is 35.4 Å². The molecule has 0 spiro atoms. The van der Waals surface area contributed by atoms with Crippen molar-refractivity contribution < 1.29 is 22.7 Å². The SMILES string of the molecule is C[C@H]1C[C@](c2cccc(N3Cc4c(cc(CNC5(C)CCC5)cc4C(F)(F)F)C3=O)n2)(c2nncn2C)[C@H]1OC1CCCC1. The average molecular weight is 609 g/mol. The van der Waals surface area contributed by atoms with Crippen LogP contribution in [0.5, 0.6) is 0 Å². The summed E-state index contributed by atoms with van der Waals surface area (Å²) in [4.78, 5) is 20.2. The highest BCUT2D eigenvalue weighted by Gasteiger charge is 2.59. The lowest BCUT2D eigenvalue weighted by Crippen LogP contribution is -2.59. The molecular formula is C33H39F3N6O2. The molecule has 3 saturated carbocycles. The third-order valence-electron chi connectivity index (χ3n) is 10.4. The molecule has 8 nitrogen and oxygen atoms in total. The van der Waals surface area contributed by atoms with E-state index in [1.54, 1.807) is 18.5 Å². The van der Waals surface area contributed by atoms with E-state index in [-0.39, 0.29) is 47.9 Å². The van der Waals surface area contributed by atoms with Gasteiger partial charge in [0.2, 0.25) is 0 Å². The number of fused-ring (bicyclic) bond motifs is 1. The highest BCUT2D eigenvalue weighted by Crippen LogP contribution is 2.54. The van der Waals surface area contributed by atoms with Gasteiger partial charge >= 0.3 is 6.18 Å². The predicted octanol–water partition coefficient (Wildman–Crippen LogP) is 6.08. The molecule has 3 heterocycles. The van der Waals surface area contributed by atoms with Crippen LogP contribution in [-0.4, -0.2) is 43.4 Å². The van der Waals surface area contributed by atoms with Crippen molar-refractivity contribution in [2.24, 2.45) is 13.0 Å². The van der Waals surface area contributed by atoms with E-state index in [1.165, 1.54) is 11.0 Å². The highest BCUT2D eigenvalue weighted by atomic mass is 19.4. The maximum Gasteiger partial charge on any atom is 0.416 e.